The number of fused-ring (bicyclic) bond motifs is 3. The Morgan fingerprint density at radius 2 is 2.15 bits per heavy atom. The molecule has 1 aromatic heterocycles. The molecule has 3 aliphatic heterocycles. The van der Waals surface area contributed by atoms with Crippen LogP contribution in [0.15, 0.2) is 35.1 Å². The number of hydrogen-bond donors (Lipinski definition) is 1. The highest BCUT2D eigenvalue weighted by atomic mass is 16.4. The topological polar surface area (TPSA) is 54.2 Å². The Labute approximate surface area is 118 Å². The minimum Gasteiger partial charge on any atom is -0.423 e. The van der Waals surface area contributed by atoms with Gasteiger partial charge < -0.3 is 14.6 Å². The van der Waals surface area contributed by atoms with E-state index in [0.29, 0.717) is 11.9 Å². The van der Waals surface area contributed by atoms with Crippen LogP contribution in [-0.2, 0) is 0 Å². The van der Waals surface area contributed by atoms with Gasteiger partial charge >= 0.3 is 0 Å². The molecule has 0 spiro atoms. The van der Waals surface area contributed by atoms with Crippen molar-refractivity contribution < 1.29 is 4.42 Å². The van der Waals surface area contributed by atoms with E-state index in [2.05, 4.69) is 32.5 Å². The van der Waals surface area contributed by atoms with Crippen LogP contribution in [0.1, 0.15) is 12.8 Å². The first-order valence-corrected chi connectivity index (χ1v) is 7.24. The van der Waals surface area contributed by atoms with E-state index in [1.807, 2.05) is 12.1 Å². The Hall–Kier alpha value is -1.88. The molecule has 20 heavy (non-hydrogen) atoms. The largest absolute Gasteiger partial charge is 0.423 e. The predicted molar refractivity (Wildman–Crippen MR) is 76.3 cm³/mol. The molecule has 3 saturated heterocycles. The molecule has 1 atom stereocenters. The molecule has 3 fully saturated rings. The number of nitrogens with one attached hydrogen (secondary N) is 1. The predicted octanol–water partition coefficient (Wildman–Crippen LogP) is 2.24. The van der Waals surface area contributed by atoms with Crippen molar-refractivity contribution in [3.05, 3.63) is 30.7 Å². The molecule has 1 unspecified atom stereocenters. The van der Waals surface area contributed by atoms with E-state index in [9.17, 15) is 0 Å². The lowest BCUT2D eigenvalue weighted by Crippen LogP contribution is -2.53. The maximum absolute atomic E-state index is 5.26. The first-order valence-electron chi connectivity index (χ1n) is 7.24. The normalized spacial score (nSPS) is 28.5. The monoisotopic (exact) mass is 270 g/mol. The maximum atomic E-state index is 5.26. The smallest absolute Gasteiger partial charge is 0.247 e. The van der Waals surface area contributed by atoms with Gasteiger partial charge in [0.05, 0.1) is 0 Å². The lowest BCUT2D eigenvalue weighted by molar-refractivity contribution is 0.0975. The van der Waals surface area contributed by atoms with Gasteiger partial charge in [-0.2, -0.15) is 0 Å². The quantitative estimate of drug-likeness (QED) is 0.927. The molecule has 0 saturated carbocycles. The van der Waals surface area contributed by atoms with Crippen LogP contribution in [0.3, 0.4) is 0 Å². The van der Waals surface area contributed by atoms with Gasteiger partial charge in [0, 0.05) is 23.8 Å². The molecule has 5 rings (SSSR count). The fourth-order valence-corrected chi connectivity index (χ4v) is 3.38. The first kappa shape index (κ1) is 11.9. The average Bonchev–Trinajstić information content (AvgIpc) is 3.03. The number of anilines is 1. The number of rotatable bonds is 3. The lowest BCUT2D eigenvalue weighted by atomic mass is 9.84. The summed E-state index contributed by atoms with van der Waals surface area (Å²) in [5.41, 5.74) is 2.10. The van der Waals surface area contributed by atoms with Crippen LogP contribution in [0.2, 0.25) is 0 Å². The van der Waals surface area contributed by atoms with Crippen molar-refractivity contribution in [3.8, 4) is 11.5 Å². The van der Waals surface area contributed by atoms with Crippen LogP contribution >= 0.6 is 0 Å². The Kier molecular flexibility index (Phi) is 2.92. The van der Waals surface area contributed by atoms with Crippen molar-refractivity contribution >= 4 is 5.69 Å². The molecule has 1 N–H and O–H groups in total. The van der Waals surface area contributed by atoms with Gasteiger partial charge in [-0.3, -0.25) is 0 Å². The zero-order chi connectivity index (χ0) is 13.4. The van der Waals surface area contributed by atoms with Crippen molar-refractivity contribution in [1.82, 2.24) is 15.1 Å². The van der Waals surface area contributed by atoms with E-state index in [1.165, 1.54) is 32.3 Å². The van der Waals surface area contributed by atoms with Gasteiger partial charge in [0.25, 0.3) is 0 Å². The Bertz CT molecular complexity index is 575. The van der Waals surface area contributed by atoms with E-state index in [0.717, 1.165) is 23.7 Å². The van der Waals surface area contributed by atoms with Crippen LogP contribution in [0.25, 0.3) is 11.5 Å². The zero-order valence-electron chi connectivity index (χ0n) is 11.3. The third-order valence-electron chi connectivity index (χ3n) is 4.48. The molecule has 5 heteroatoms. The van der Waals surface area contributed by atoms with E-state index in [-0.39, 0.29) is 0 Å². The van der Waals surface area contributed by atoms with Crippen LogP contribution in [0, 0.1) is 5.92 Å². The van der Waals surface area contributed by atoms with Gasteiger partial charge in [-0.15, -0.1) is 10.2 Å². The molecular formula is C15H18N4O. The summed E-state index contributed by atoms with van der Waals surface area (Å²) in [6.07, 6.45) is 4.00. The summed E-state index contributed by atoms with van der Waals surface area (Å²) in [6.45, 7) is 3.70. The highest BCUT2D eigenvalue weighted by Crippen LogP contribution is 2.30. The fraction of sp³-hybridized carbons (Fsp3) is 0.467. The zero-order valence-corrected chi connectivity index (χ0v) is 11.3. The van der Waals surface area contributed by atoms with Gasteiger partial charge in [-0.1, -0.05) is 6.07 Å². The van der Waals surface area contributed by atoms with Crippen LogP contribution < -0.4 is 5.32 Å². The number of aromatic nitrogens is 2. The Balaban J connectivity index is 1.53. The first-order chi connectivity index (χ1) is 9.88. The molecule has 4 heterocycles. The van der Waals surface area contributed by atoms with Crippen LogP contribution in [0.4, 0.5) is 5.69 Å². The summed E-state index contributed by atoms with van der Waals surface area (Å²) in [5, 5.41) is 11.4. The molecule has 0 amide bonds. The summed E-state index contributed by atoms with van der Waals surface area (Å²) in [6, 6.07) is 8.79. The molecule has 2 bridgehead atoms. The fourth-order valence-electron chi connectivity index (χ4n) is 3.38. The highest BCUT2D eigenvalue weighted by Gasteiger charge is 2.33. The molecule has 3 aliphatic rings. The third kappa shape index (κ3) is 2.18. The minimum absolute atomic E-state index is 0.565. The number of benzene rings is 1. The molecule has 104 valence electrons. The van der Waals surface area contributed by atoms with Crippen molar-refractivity contribution in [2.45, 2.75) is 18.9 Å². The number of hydrogen-bond acceptors (Lipinski definition) is 5. The summed E-state index contributed by atoms with van der Waals surface area (Å²) in [4.78, 5) is 2.56. The number of piperidine rings is 3. The SMILES string of the molecule is c1cc(NC2CN3CCC2CC3)cc(-c2nnco2)c1. The van der Waals surface area contributed by atoms with Gasteiger partial charge in [0.15, 0.2) is 0 Å². The highest BCUT2D eigenvalue weighted by molar-refractivity contribution is 5.61. The van der Waals surface area contributed by atoms with Gasteiger partial charge in [-0.05, 0) is 50.0 Å². The Morgan fingerprint density at radius 3 is 2.85 bits per heavy atom. The van der Waals surface area contributed by atoms with Crippen molar-refractivity contribution in [1.29, 1.82) is 0 Å². The van der Waals surface area contributed by atoms with E-state index in [1.54, 1.807) is 0 Å². The minimum atomic E-state index is 0.565. The second-order valence-electron chi connectivity index (χ2n) is 5.71. The van der Waals surface area contributed by atoms with Crippen LogP contribution in [-0.4, -0.2) is 40.8 Å². The van der Waals surface area contributed by atoms with Crippen molar-refractivity contribution in [2.24, 2.45) is 5.92 Å². The summed E-state index contributed by atoms with van der Waals surface area (Å²) in [7, 11) is 0. The standard InChI is InChI=1S/C15H18N4O/c1-2-12(15-18-16-10-20-15)8-13(3-1)17-14-9-19-6-4-11(14)5-7-19/h1-3,8,10-11,14,17H,4-7,9H2. The molecule has 2 aromatic rings. The second-order valence-corrected chi connectivity index (χ2v) is 5.71. The van der Waals surface area contributed by atoms with Gasteiger partial charge in [0.2, 0.25) is 12.3 Å². The van der Waals surface area contributed by atoms with E-state index < -0.39 is 0 Å². The number of nitrogens with zero attached hydrogens (tertiary/aromatic N) is 3. The van der Waals surface area contributed by atoms with Gasteiger partial charge in [-0.25, -0.2) is 0 Å². The van der Waals surface area contributed by atoms with E-state index in [4.69, 9.17) is 4.42 Å². The summed E-state index contributed by atoms with van der Waals surface area (Å²) >= 11 is 0. The average molecular weight is 270 g/mol. The molecule has 5 nitrogen and oxygen atoms in total. The third-order valence-corrected chi connectivity index (χ3v) is 4.48. The van der Waals surface area contributed by atoms with Crippen molar-refractivity contribution in [3.63, 3.8) is 0 Å². The van der Waals surface area contributed by atoms with E-state index >= 15 is 0 Å². The molecule has 1 aromatic carbocycles. The van der Waals surface area contributed by atoms with Crippen LogP contribution in [0.5, 0.6) is 0 Å². The second kappa shape index (κ2) is 4.90. The van der Waals surface area contributed by atoms with Crippen molar-refractivity contribution in [2.75, 3.05) is 25.0 Å². The lowest BCUT2D eigenvalue weighted by Gasteiger charge is -2.45. The summed E-state index contributed by atoms with van der Waals surface area (Å²) in [5.74, 6) is 1.38. The molecule has 0 aliphatic carbocycles. The molecular weight excluding hydrogens is 252 g/mol. The molecule has 0 radical (unpaired) electrons. The summed E-state index contributed by atoms with van der Waals surface area (Å²) < 4.78 is 5.26. The van der Waals surface area contributed by atoms with Gasteiger partial charge in [0.1, 0.15) is 0 Å². The Morgan fingerprint density at radius 1 is 1.25 bits per heavy atom. The maximum Gasteiger partial charge on any atom is 0.247 e.